The van der Waals surface area contributed by atoms with Gasteiger partial charge in [-0.3, -0.25) is 4.79 Å². The van der Waals surface area contributed by atoms with Crippen LogP contribution in [0, 0.1) is 0 Å². The van der Waals surface area contributed by atoms with Crippen molar-refractivity contribution in [3.05, 3.63) is 48.0 Å². The first-order chi connectivity index (χ1) is 9.65. The zero-order valence-electron chi connectivity index (χ0n) is 11.1. The molecule has 0 saturated heterocycles. The zero-order chi connectivity index (χ0) is 14.4. The SMILES string of the molecule is O=C(O)CC(NC(=O)NC1CC=CC1)c1ccccc1. The molecule has 0 fully saturated rings. The summed E-state index contributed by atoms with van der Waals surface area (Å²) in [5.41, 5.74) is 0.787. The smallest absolute Gasteiger partial charge is 0.315 e. The molecule has 0 spiro atoms. The average molecular weight is 274 g/mol. The average Bonchev–Trinajstić information content (AvgIpc) is 2.91. The third-order valence-corrected chi connectivity index (χ3v) is 3.23. The molecule has 1 atom stereocenters. The molecule has 1 aromatic rings. The van der Waals surface area contributed by atoms with Gasteiger partial charge >= 0.3 is 12.0 Å². The predicted molar refractivity (Wildman–Crippen MR) is 75.3 cm³/mol. The van der Waals surface area contributed by atoms with Gasteiger partial charge in [-0.25, -0.2) is 4.79 Å². The highest BCUT2D eigenvalue weighted by Gasteiger charge is 2.19. The molecule has 0 radical (unpaired) electrons. The molecule has 2 rings (SSSR count). The van der Waals surface area contributed by atoms with E-state index in [-0.39, 0.29) is 18.5 Å². The fourth-order valence-electron chi connectivity index (χ4n) is 2.23. The van der Waals surface area contributed by atoms with Crippen LogP contribution in [0.2, 0.25) is 0 Å². The highest BCUT2D eigenvalue weighted by Crippen LogP contribution is 2.16. The number of benzene rings is 1. The Kier molecular flexibility index (Phi) is 4.76. The number of hydrogen-bond donors (Lipinski definition) is 3. The maximum Gasteiger partial charge on any atom is 0.315 e. The number of urea groups is 1. The van der Waals surface area contributed by atoms with Crippen LogP contribution in [0.3, 0.4) is 0 Å². The lowest BCUT2D eigenvalue weighted by molar-refractivity contribution is -0.137. The van der Waals surface area contributed by atoms with Crippen LogP contribution in [0.1, 0.15) is 30.9 Å². The van der Waals surface area contributed by atoms with E-state index >= 15 is 0 Å². The van der Waals surface area contributed by atoms with Gasteiger partial charge < -0.3 is 15.7 Å². The molecule has 0 saturated carbocycles. The first-order valence-electron chi connectivity index (χ1n) is 6.64. The van der Waals surface area contributed by atoms with E-state index in [0.717, 1.165) is 18.4 Å². The van der Waals surface area contributed by atoms with Crippen molar-refractivity contribution in [1.82, 2.24) is 10.6 Å². The van der Waals surface area contributed by atoms with Crippen molar-refractivity contribution in [1.29, 1.82) is 0 Å². The molecule has 3 N–H and O–H groups in total. The minimum Gasteiger partial charge on any atom is -0.481 e. The molecule has 1 aliphatic rings. The highest BCUT2D eigenvalue weighted by atomic mass is 16.4. The summed E-state index contributed by atoms with van der Waals surface area (Å²) in [6, 6.07) is 8.38. The fourth-order valence-corrected chi connectivity index (χ4v) is 2.23. The van der Waals surface area contributed by atoms with Crippen LogP contribution in [0.4, 0.5) is 4.79 Å². The van der Waals surface area contributed by atoms with E-state index in [4.69, 9.17) is 5.11 Å². The van der Waals surface area contributed by atoms with Gasteiger partial charge in [0.25, 0.3) is 0 Å². The van der Waals surface area contributed by atoms with Crippen molar-refractivity contribution in [2.75, 3.05) is 0 Å². The van der Waals surface area contributed by atoms with Gasteiger partial charge in [0.2, 0.25) is 0 Å². The summed E-state index contributed by atoms with van der Waals surface area (Å²) in [4.78, 5) is 22.8. The summed E-state index contributed by atoms with van der Waals surface area (Å²) in [5.74, 6) is -0.943. The Morgan fingerprint density at radius 3 is 2.45 bits per heavy atom. The summed E-state index contributed by atoms with van der Waals surface area (Å²) in [7, 11) is 0. The lowest BCUT2D eigenvalue weighted by Gasteiger charge is -2.20. The molecule has 1 aromatic carbocycles. The second-order valence-electron chi connectivity index (χ2n) is 4.82. The van der Waals surface area contributed by atoms with Crippen LogP contribution in [0.5, 0.6) is 0 Å². The molecule has 0 heterocycles. The van der Waals surface area contributed by atoms with Crippen molar-refractivity contribution >= 4 is 12.0 Å². The van der Waals surface area contributed by atoms with E-state index < -0.39 is 12.0 Å². The first-order valence-corrected chi connectivity index (χ1v) is 6.64. The lowest BCUT2D eigenvalue weighted by Crippen LogP contribution is -2.43. The quantitative estimate of drug-likeness (QED) is 0.720. The van der Waals surface area contributed by atoms with E-state index in [1.165, 1.54) is 0 Å². The molecular formula is C15H18N2O3. The van der Waals surface area contributed by atoms with E-state index in [2.05, 4.69) is 10.6 Å². The summed E-state index contributed by atoms with van der Waals surface area (Å²) >= 11 is 0. The summed E-state index contributed by atoms with van der Waals surface area (Å²) in [6.45, 7) is 0. The standard InChI is InChI=1S/C15H18N2O3/c18-14(19)10-13(11-6-2-1-3-7-11)17-15(20)16-12-8-4-5-9-12/h1-7,12-13H,8-10H2,(H,18,19)(H2,16,17,20). The third kappa shape index (κ3) is 4.12. The first kappa shape index (κ1) is 14.1. The van der Waals surface area contributed by atoms with Crippen molar-refractivity contribution < 1.29 is 14.7 Å². The monoisotopic (exact) mass is 274 g/mol. The molecule has 20 heavy (non-hydrogen) atoms. The summed E-state index contributed by atoms with van der Waals surface area (Å²) < 4.78 is 0. The Balaban J connectivity index is 1.96. The normalized spacial score (nSPS) is 15.8. The Morgan fingerprint density at radius 2 is 1.85 bits per heavy atom. The van der Waals surface area contributed by atoms with Gasteiger partial charge in [0.1, 0.15) is 0 Å². The molecule has 2 amide bonds. The van der Waals surface area contributed by atoms with Gasteiger partial charge in [0.15, 0.2) is 0 Å². The Hall–Kier alpha value is -2.30. The lowest BCUT2D eigenvalue weighted by atomic mass is 10.0. The largest absolute Gasteiger partial charge is 0.481 e. The molecule has 0 bridgehead atoms. The zero-order valence-corrected chi connectivity index (χ0v) is 11.1. The minimum atomic E-state index is -0.943. The molecule has 106 valence electrons. The topological polar surface area (TPSA) is 78.4 Å². The molecule has 0 aromatic heterocycles. The van der Waals surface area contributed by atoms with E-state index in [1.807, 2.05) is 42.5 Å². The number of carboxylic acids is 1. The predicted octanol–water partition coefficient (Wildman–Crippen LogP) is 2.22. The number of carbonyl (C=O) groups excluding carboxylic acids is 1. The van der Waals surface area contributed by atoms with Crippen LogP contribution in [0.15, 0.2) is 42.5 Å². The number of hydrogen-bond acceptors (Lipinski definition) is 2. The summed E-state index contributed by atoms with van der Waals surface area (Å²) in [6.07, 6.45) is 5.55. The van der Waals surface area contributed by atoms with Gasteiger partial charge in [-0.1, -0.05) is 42.5 Å². The number of nitrogens with one attached hydrogen (secondary N) is 2. The molecule has 1 unspecified atom stereocenters. The van der Waals surface area contributed by atoms with E-state index in [1.54, 1.807) is 0 Å². The van der Waals surface area contributed by atoms with Crippen LogP contribution in [0.25, 0.3) is 0 Å². The molecule has 1 aliphatic carbocycles. The number of amides is 2. The number of aliphatic carboxylic acids is 1. The van der Waals surface area contributed by atoms with Crippen LogP contribution < -0.4 is 10.6 Å². The Bertz CT molecular complexity index is 491. The molecular weight excluding hydrogens is 256 g/mol. The molecule has 0 aliphatic heterocycles. The number of carboxylic acid groups (broad SMARTS) is 1. The second-order valence-corrected chi connectivity index (χ2v) is 4.82. The van der Waals surface area contributed by atoms with Gasteiger partial charge in [-0.05, 0) is 18.4 Å². The molecule has 5 heteroatoms. The van der Waals surface area contributed by atoms with Gasteiger partial charge in [-0.15, -0.1) is 0 Å². The van der Waals surface area contributed by atoms with Crippen molar-refractivity contribution in [3.63, 3.8) is 0 Å². The van der Waals surface area contributed by atoms with Crippen molar-refractivity contribution in [2.45, 2.75) is 31.3 Å². The van der Waals surface area contributed by atoms with E-state index in [9.17, 15) is 9.59 Å². The van der Waals surface area contributed by atoms with Gasteiger partial charge in [-0.2, -0.15) is 0 Å². The van der Waals surface area contributed by atoms with Gasteiger partial charge in [0.05, 0.1) is 12.5 Å². The Morgan fingerprint density at radius 1 is 1.20 bits per heavy atom. The Labute approximate surface area is 117 Å². The minimum absolute atomic E-state index is 0.108. The number of rotatable bonds is 5. The maximum atomic E-state index is 11.9. The second kappa shape index (κ2) is 6.75. The van der Waals surface area contributed by atoms with Gasteiger partial charge in [0, 0.05) is 6.04 Å². The maximum absolute atomic E-state index is 11.9. The van der Waals surface area contributed by atoms with Crippen LogP contribution in [-0.4, -0.2) is 23.1 Å². The van der Waals surface area contributed by atoms with Crippen molar-refractivity contribution in [2.24, 2.45) is 0 Å². The van der Waals surface area contributed by atoms with Crippen molar-refractivity contribution in [3.8, 4) is 0 Å². The fraction of sp³-hybridized carbons (Fsp3) is 0.333. The van der Waals surface area contributed by atoms with Crippen LogP contribution >= 0.6 is 0 Å². The van der Waals surface area contributed by atoms with E-state index in [0.29, 0.717) is 0 Å². The summed E-state index contributed by atoms with van der Waals surface area (Å²) in [5, 5.41) is 14.5. The highest BCUT2D eigenvalue weighted by molar-refractivity contribution is 5.76. The third-order valence-electron chi connectivity index (χ3n) is 3.23. The van der Waals surface area contributed by atoms with Crippen LogP contribution in [-0.2, 0) is 4.79 Å². The number of carbonyl (C=O) groups is 2. The molecule has 5 nitrogen and oxygen atoms in total.